The van der Waals surface area contributed by atoms with Gasteiger partial charge in [0, 0.05) is 13.1 Å². The molecule has 0 aromatic carbocycles. The zero-order valence-corrected chi connectivity index (χ0v) is 15.2. The zero-order valence-electron chi connectivity index (χ0n) is 15.2. The van der Waals surface area contributed by atoms with Crippen LogP contribution in [0.15, 0.2) is 0 Å². The van der Waals surface area contributed by atoms with Crippen LogP contribution < -0.4 is 0 Å². The van der Waals surface area contributed by atoms with Crippen molar-refractivity contribution in [1.29, 1.82) is 0 Å². The van der Waals surface area contributed by atoms with Crippen molar-refractivity contribution in [3.8, 4) is 0 Å². The monoisotopic (exact) mass is 321 g/mol. The summed E-state index contributed by atoms with van der Waals surface area (Å²) in [4.78, 5) is 2.80. The van der Waals surface area contributed by atoms with Crippen molar-refractivity contribution in [3.05, 3.63) is 0 Å². The number of rotatable bonds is 7. The molecule has 0 radical (unpaired) electrons. The second-order valence-corrected chi connectivity index (χ2v) is 8.78. The summed E-state index contributed by atoms with van der Waals surface area (Å²) in [5.41, 5.74) is 0. The predicted molar refractivity (Wildman–Crippen MR) is 92.4 cm³/mol. The van der Waals surface area contributed by atoms with Gasteiger partial charge in [0.15, 0.2) is 0 Å². The van der Waals surface area contributed by atoms with Gasteiger partial charge >= 0.3 is 0 Å². The first-order valence-electron chi connectivity index (χ1n) is 10.2. The Hall–Kier alpha value is -0.120. The number of unbranched alkanes of at least 4 members (excludes halogenated alkanes) is 1. The van der Waals surface area contributed by atoms with Crippen molar-refractivity contribution in [2.24, 2.45) is 23.7 Å². The summed E-state index contributed by atoms with van der Waals surface area (Å²) < 4.78 is 11.7. The molecule has 23 heavy (non-hydrogen) atoms. The van der Waals surface area contributed by atoms with E-state index in [0.717, 1.165) is 23.7 Å². The van der Waals surface area contributed by atoms with Gasteiger partial charge in [-0.2, -0.15) is 0 Å². The molecule has 4 fully saturated rings. The van der Waals surface area contributed by atoms with Gasteiger partial charge in [-0.05, 0) is 62.3 Å². The molecule has 2 saturated heterocycles. The minimum Gasteiger partial charge on any atom is -0.369 e. The number of hydrogen-bond donors (Lipinski definition) is 0. The average molecular weight is 322 g/mol. The average Bonchev–Trinajstić information content (AvgIpc) is 3.43. The van der Waals surface area contributed by atoms with Crippen molar-refractivity contribution >= 4 is 0 Å². The largest absolute Gasteiger partial charge is 0.369 e. The Kier molecular flexibility index (Phi) is 4.73. The van der Waals surface area contributed by atoms with Gasteiger partial charge in [0.2, 0.25) is 0 Å². The number of nitrogens with zero attached hydrogens (tertiary/aromatic N) is 1. The lowest BCUT2D eigenvalue weighted by molar-refractivity contribution is 0.120. The van der Waals surface area contributed by atoms with Crippen molar-refractivity contribution < 1.29 is 9.47 Å². The van der Waals surface area contributed by atoms with Crippen molar-refractivity contribution in [1.82, 2.24) is 4.90 Å². The van der Waals surface area contributed by atoms with Crippen LogP contribution in [-0.4, -0.2) is 49.0 Å². The number of epoxide rings is 2. The van der Waals surface area contributed by atoms with Gasteiger partial charge in [-0.25, -0.2) is 0 Å². The van der Waals surface area contributed by atoms with E-state index in [2.05, 4.69) is 25.7 Å². The minimum atomic E-state index is 0.594. The Morgan fingerprint density at radius 2 is 1.35 bits per heavy atom. The number of hydrogen-bond acceptors (Lipinski definition) is 3. The van der Waals surface area contributed by atoms with Crippen LogP contribution >= 0.6 is 0 Å². The van der Waals surface area contributed by atoms with Crippen molar-refractivity contribution in [2.75, 3.05) is 19.6 Å². The summed E-state index contributed by atoms with van der Waals surface area (Å²) in [7, 11) is 0. The van der Waals surface area contributed by atoms with E-state index in [1.54, 1.807) is 0 Å². The molecular formula is C20H35NO2. The molecule has 0 aromatic heterocycles. The fraction of sp³-hybridized carbons (Fsp3) is 1.00. The molecule has 132 valence electrons. The molecule has 2 aliphatic heterocycles. The van der Waals surface area contributed by atoms with Crippen LogP contribution in [0.2, 0.25) is 0 Å². The van der Waals surface area contributed by atoms with E-state index in [-0.39, 0.29) is 0 Å². The Labute approximate surface area is 142 Å². The lowest BCUT2D eigenvalue weighted by Crippen LogP contribution is -2.41. The van der Waals surface area contributed by atoms with Gasteiger partial charge in [-0.1, -0.05) is 27.2 Å². The van der Waals surface area contributed by atoms with Crippen LogP contribution in [0.1, 0.15) is 59.3 Å². The van der Waals surface area contributed by atoms with E-state index >= 15 is 0 Å². The molecule has 2 aliphatic carbocycles. The maximum absolute atomic E-state index is 5.83. The second-order valence-electron chi connectivity index (χ2n) is 8.78. The van der Waals surface area contributed by atoms with Gasteiger partial charge in [0.05, 0.1) is 24.4 Å². The standard InChI is InChI=1S/C20H35NO2/c1-4-5-10-21(11-15-6-8-17-19(22-17)13(15)2)12-16-7-9-18-20(23-18)14(16)3/h13-20H,4-12H2,1-3H3. The molecule has 0 aromatic rings. The highest BCUT2D eigenvalue weighted by atomic mass is 16.6. The van der Waals surface area contributed by atoms with Gasteiger partial charge < -0.3 is 14.4 Å². The third-order valence-electron chi connectivity index (χ3n) is 7.22. The first kappa shape index (κ1) is 16.4. The molecule has 3 heteroatoms. The molecule has 4 aliphatic rings. The SMILES string of the molecule is CCCCN(CC1CCC2OC2C1C)CC1CCC2OC2C1C. The maximum Gasteiger partial charge on any atom is 0.0870 e. The fourth-order valence-electron chi connectivity index (χ4n) is 5.34. The highest BCUT2D eigenvalue weighted by Crippen LogP contribution is 2.45. The smallest absolute Gasteiger partial charge is 0.0870 e. The third kappa shape index (κ3) is 3.48. The lowest BCUT2D eigenvalue weighted by atomic mass is 9.78. The fourth-order valence-corrected chi connectivity index (χ4v) is 5.34. The van der Waals surface area contributed by atoms with E-state index < -0.39 is 0 Å². The molecule has 0 bridgehead atoms. The van der Waals surface area contributed by atoms with E-state index in [9.17, 15) is 0 Å². The minimum absolute atomic E-state index is 0.594. The van der Waals surface area contributed by atoms with E-state index in [1.165, 1.54) is 58.2 Å². The van der Waals surface area contributed by atoms with E-state index in [1.807, 2.05) is 0 Å². The van der Waals surface area contributed by atoms with Gasteiger partial charge in [0.25, 0.3) is 0 Å². The molecule has 2 saturated carbocycles. The first-order chi connectivity index (χ1) is 11.2. The Balaban J connectivity index is 1.34. The van der Waals surface area contributed by atoms with Crippen LogP contribution in [0.4, 0.5) is 0 Å². The van der Waals surface area contributed by atoms with E-state index in [0.29, 0.717) is 24.4 Å². The quantitative estimate of drug-likeness (QED) is 0.669. The highest BCUT2D eigenvalue weighted by molar-refractivity contribution is 4.99. The summed E-state index contributed by atoms with van der Waals surface area (Å²) in [6.45, 7) is 11.1. The van der Waals surface area contributed by atoms with Crippen LogP contribution in [0.3, 0.4) is 0 Å². The second kappa shape index (κ2) is 6.65. The molecule has 8 unspecified atom stereocenters. The molecule has 3 nitrogen and oxygen atoms in total. The molecule has 0 spiro atoms. The first-order valence-corrected chi connectivity index (χ1v) is 10.2. The molecule has 0 amide bonds. The van der Waals surface area contributed by atoms with Crippen LogP contribution in [0.25, 0.3) is 0 Å². The van der Waals surface area contributed by atoms with Gasteiger partial charge in [-0.15, -0.1) is 0 Å². The molecule has 4 rings (SSSR count). The molecule has 8 atom stereocenters. The maximum atomic E-state index is 5.83. The number of ether oxygens (including phenoxy) is 2. The summed E-state index contributed by atoms with van der Waals surface area (Å²) in [5, 5.41) is 0. The molecular weight excluding hydrogens is 286 g/mol. The van der Waals surface area contributed by atoms with Gasteiger partial charge in [0.1, 0.15) is 0 Å². The normalized spacial score (nSPS) is 48.0. The Morgan fingerprint density at radius 1 is 0.826 bits per heavy atom. The molecule has 0 N–H and O–H groups in total. The summed E-state index contributed by atoms with van der Waals surface area (Å²) in [6, 6.07) is 0. The van der Waals surface area contributed by atoms with Crippen molar-refractivity contribution in [2.45, 2.75) is 83.7 Å². The summed E-state index contributed by atoms with van der Waals surface area (Å²) in [6.07, 6.45) is 10.4. The highest BCUT2D eigenvalue weighted by Gasteiger charge is 2.50. The lowest BCUT2D eigenvalue weighted by Gasteiger charge is -2.36. The number of fused-ring (bicyclic) bond motifs is 2. The third-order valence-corrected chi connectivity index (χ3v) is 7.22. The summed E-state index contributed by atoms with van der Waals surface area (Å²) >= 11 is 0. The molecule has 2 heterocycles. The topological polar surface area (TPSA) is 28.3 Å². The van der Waals surface area contributed by atoms with Crippen molar-refractivity contribution in [3.63, 3.8) is 0 Å². The Bertz CT molecular complexity index is 380. The van der Waals surface area contributed by atoms with Gasteiger partial charge in [-0.3, -0.25) is 0 Å². The van der Waals surface area contributed by atoms with Crippen LogP contribution in [0, 0.1) is 23.7 Å². The van der Waals surface area contributed by atoms with E-state index in [4.69, 9.17) is 9.47 Å². The predicted octanol–water partition coefficient (Wildman–Crippen LogP) is 3.72. The Morgan fingerprint density at radius 3 is 1.83 bits per heavy atom. The van der Waals surface area contributed by atoms with Crippen LogP contribution in [-0.2, 0) is 9.47 Å². The zero-order chi connectivity index (χ0) is 16.0. The van der Waals surface area contributed by atoms with Crippen LogP contribution in [0.5, 0.6) is 0 Å². The summed E-state index contributed by atoms with van der Waals surface area (Å²) in [5.74, 6) is 3.22.